The lowest BCUT2D eigenvalue weighted by atomic mass is 9.86. The highest BCUT2D eigenvalue weighted by molar-refractivity contribution is 6.31. The van der Waals surface area contributed by atoms with Gasteiger partial charge in [0, 0.05) is 34.1 Å². The largest absolute Gasteiger partial charge is 0.385 e. The lowest BCUT2D eigenvalue weighted by Gasteiger charge is -2.32. The Balaban J connectivity index is 1.74. The van der Waals surface area contributed by atoms with Crippen LogP contribution in [0, 0.1) is 6.92 Å². The summed E-state index contributed by atoms with van der Waals surface area (Å²) in [6.07, 6.45) is 7.41. The number of nitrogens with zero attached hydrogens (tertiary/aromatic N) is 2. The number of nitrogen functional groups attached to an aromatic ring is 1. The summed E-state index contributed by atoms with van der Waals surface area (Å²) < 4.78 is 0. The number of rotatable bonds is 3. The Labute approximate surface area is 165 Å². The highest BCUT2D eigenvalue weighted by Crippen LogP contribution is 2.34. The van der Waals surface area contributed by atoms with Crippen molar-refractivity contribution in [3.05, 3.63) is 57.0 Å². The van der Waals surface area contributed by atoms with Gasteiger partial charge in [-0.25, -0.2) is 4.98 Å². The summed E-state index contributed by atoms with van der Waals surface area (Å²) in [4.78, 5) is 6.71. The second kappa shape index (κ2) is 7.53. The second-order valence-corrected chi connectivity index (χ2v) is 8.25. The van der Waals surface area contributed by atoms with Crippen LogP contribution in [0.4, 0.5) is 5.82 Å². The normalized spacial score (nSPS) is 20.9. The third kappa shape index (κ3) is 3.83. The lowest BCUT2D eigenvalue weighted by Crippen LogP contribution is -2.44. The molecule has 4 rings (SSSR count). The molecule has 0 spiro atoms. The highest BCUT2D eigenvalue weighted by Gasteiger charge is 2.23. The van der Waals surface area contributed by atoms with E-state index in [9.17, 15) is 0 Å². The number of pyridine rings is 1. The number of hydrogen-bond donors (Lipinski definition) is 2. The van der Waals surface area contributed by atoms with Gasteiger partial charge in [0.05, 0.1) is 0 Å². The summed E-state index contributed by atoms with van der Waals surface area (Å²) in [5.41, 5.74) is 9.70. The summed E-state index contributed by atoms with van der Waals surface area (Å²) in [5.74, 6) is 0.808. The Morgan fingerprint density at radius 3 is 2.78 bits per heavy atom. The first-order chi connectivity index (χ1) is 13.0. The van der Waals surface area contributed by atoms with Crippen molar-refractivity contribution in [2.75, 3.05) is 25.9 Å². The Kier molecular flexibility index (Phi) is 5.11. The van der Waals surface area contributed by atoms with Gasteiger partial charge in [0.1, 0.15) is 5.82 Å². The molecule has 1 aromatic carbocycles. The molecule has 1 aromatic heterocycles. The van der Waals surface area contributed by atoms with E-state index in [1.54, 1.807) is 0 Å². The summed E-state index contributed by atoms with van der Waals surface area (Å²) in [5, 5.41) is 7.00. The van der Waals surface area contributed by atoms with Crippen LogP contribution in [-0.4, -0.2) is 36.1 Å². The Hall–Kier alpha value is -2.04. The number of piperidine rings is 1. The van der Waals surface area contributed by atoms with Crippen LogP contribution in [-0.2, 0) is 0 Å². The number of nitrogens with one attached hydrogen (secondary N) is 1. The maximum atomic E-state index is 6.58. The molecule has 5 heteroatoms. The monoisotopic (exact) mass is 382 g/mol. The van der Waals surface area contributed by atoms with Crippen LogP contribution in [0.1, 0.15) is 36.3 Å². The van der Waals surface area contributed by atoms with E-state index in [0.717, 1.165) is 42.6 Å². The van der Waals surface area contributed by atoms with E-state index in [-0.39, 0.29) is 5.92 Å². The van der Waals surface area contributed by atoms with E-state index in [1.165, 1.54) is 22.0 Å². The maximum Gasteiger partial charge on any atom is 0.123 e. The van der Waals surface area contributed by atoms with Crippen molar-refractivity contribution in [3.63, 3.8) is 0 Å². The molecule has 27 heavy (non-hydrogen) atoms. The van der Waals surface area contributed by atoms with E-state index < -0.39 is 0 Å². The number of aryl methyl sites for hydroxylation is 1. The zero-order valence-corrected chi connectivity index (χ0v) is 16.8. The molecule has 0 bridgehead atoms. The van der Waals surface area contributed by atoms with Crippen molar-refractivity contribution in [1.29, 1.82) is 0 Å². The number of hydrogen-bond acceptors (Lipinski definition) is 4. The Bertz CT molecular complexity index is 941. The van der Waals surface area contributed by atoms with Crippen LogP contribution in [0.15, 0.2) is 30.5 Å². The fraction of sp³-hybridized carbons (Fsp3) is 0.409. The molecule has 1 fully saturated rings. The van der Waals surface area contributed by atoms with Gasteiger partial charge in [0.15, 0.2) is 0 Å². The van der Waals surface area contributed by atoms with Crippen molar-refractivity contribution in [3.8, 4) is 0 Å². The summed E-state index contributed by atoms with van der Waals surface area (Å²) >= 11 is 6.58. The molecule has 1 aliphatic carbocycles. The van der Waals surface area contributed by atoms with Crippen LogP contribution in [0.25, 0.3) is 11.8 Å². The van der Waals surface area contributed by atoms with E-state index >= 15 is 0 Å². The fourth-order valence-electron chi connectivity index (χ4n) is 4.32. The first kappa shape index (κ1) is 18.3. The van der Waals surface area contributed by atoms with Crippen LogP contribution in [0.2, 0.25) is 5.02 Å². The van der Waals surface area contributed by atoms with Crippen molar-refractivity contribution in [1.82, 2.24) is 15.2 Å². The third-order valence-corrected chi connectivity index (χ3v) is 6.15. The van der Waals surface area contributed by atoms with Crippen molar-refractivity contribution in [2.24, 2.45) is 0 Å². The highest BCUT2D eigenvalue weighted by atomic mass is 35.5. The summed E-state index contributed by atoms with van der Waals surface area (Å²) in [6, 6.07) is 8.64. The van der Waals surface area contributed by atoms with Gasteiger partial charge < -0.3 is 16.0 Å². The molecule has 3 N–H and O–H groups in total. The van der Waals surface area contributed by atoms with Gasteiger partial charge in [-0.1, -0.05) is 29.8 Å². The van der Waals surface area contributed by atoms with Crippen LogP contribution in [0.3, 0.4) is 0 Å². The molecule has 0 saturated carbocycles. The molecule has 1 saturated heterocycles. The standard InChI is InChI=1S/C22H27ClN4/c1-14-4-3-5-19(23)22(14)15-10-16-13-25-21(24)12-18(16)20(11-15)26-17-6-8-27(2)9-7-17/h3-5,10,12-13,15,17,26H,6-9,11,24H2,1-2H3. The van der Waals surface area contributed by atoms with E-state index in [0.29, 0.717) is 11.9 Å². The molecule has 4 nitrogen and oxygen atoms in total. The molecule has 1 unspecified atom stereocenters. The minimum atomic E-state index is 0.241. The second-order valence-electron chi connectivity index (χ2n) is 7.84. The molecule has 1 atom stereocenters. The molecule has 2 aliphatic rings. The maximum absolute atomic E-state index is 6.58. The number of halogens is 1. The van der Waals surface area contributed by atoms with Crippen molar-refractivity contribution < 1.29 is 0 Å². The molecule has 1 aliphatic heterocycles. The van der Waals surface area contributed by atoms with Crippen LogP contribution >= 0.6 is 11.6 Å². The van der Waals surface area contributed by atoms with Crippen LogP contribution in [0.5, 0.6) is 0 Å². The molecule has 2 heterocycles. The summed E-state index contributed by atoms with van der Waals surface area (Å²) in [6.45, 7) is 4.40. The van der Waals surface area contributed by atoms with Gasteiger partial charge in [-0.2, -0.15) is 0 Å². The Morgan fingerprint density at radius 2 is 2.04 bits per heavy atom. The number of anilines is 1. The average Bonchev–Trinajstić information content (AvgIpc) is 2.64. The minimum Gasteiger partial charge on any atom is -0.385 e. The topological polar surface area (TPSA) is 54.2 Å². The van der Waals surface area contributed by atoms with Gasteiger partial charge in [-0.15, -0.1) is 0 Å². The van der Waals surface area contributed by atoms with E-state index in [1.807, 2.05) is 24.4 Å². The lowest BCUT2D eigenvalue weighted by molar-refractivity contribution is 0.244. The van der Waals surface area contributed by atoms with Crippen molar-refractivity contribution in [2.45, 2.75) is 38.1 Å². The van der Waals surface area contributed by atoms with Crippen molar-refractivity contribution >= 4 is 29.2 Å². The zero-order valence-electron chi connectivity index (χ0n) is 16.0. The third-order valence-electron chi connectivity index (χ3n) is 5.82. The quantitative estimate of drug-likeness (QED) is 0.855. The zero-order chi connectivity index (χ0) is 19.0. The predicted molar refractivity (Wildman–Crippen MR) is 113 cm³/mol. The van der Waals surface area contributed by atoms with E-state index in [4.69, 9.17) is 17.3 Å². The van der Waals surface area contributed by atoms with Gasteiger partial charge in [0.25, 0.3) is 0 Å². The molecule has 0 amide bonds. The summed E-state index contributed by atoms with van der Waals surface area (Å²) in [7, 11) is 2.19. The minimum absolute atomic E-state index is 0.241. The molecule has 0 radical (unpaired) electrons. The predicted octanol–water partition coefficient (Wildman–Crippen LogP) is 2.39. The van der Waals surface area contributed by atoms with E-state index in [2.05, 4.69) is 41.3 Å². The van der Waals surface area contributed by atoms with Crippen LogP contribution < -0.4 is 21.5 Å². The SMILES string of the molecule is Cc1cccc(Cl)c1C1C=c2cnc(N)cc2=C(NC2CCN(C)CC2)C1. The van der Waals surface area contributed by atoms with Gasteiger partial charge in [-0.05, 0) is 74.8 Å². The number of nitrogens with two attached hydrogens (primary N) is 1. The fourth-order valence-corrected chi connectivity index (χ4v) is 4.68. The Morgan fingerprint density at radius 1 is 1.26 bits per heavy atom. The van der Waals surface area contributed by atoms with Gasteiger partial charge in [0.2, 0.25) is 0 Å². The smallest absolute Gasteiger partial charge is 0.123 e. The molecular formula is C22H27ClN4. The van der Waals surface area contributed by atoms with Gasteiger partial charge >= 0.3 is 0 Å². The number of aromatic nitrogens is 1. The molecular weight excluding hydrogens is 356 g/mol. The number of likely N-dealkylation sites (tertiary alicyclic amines) is 1. The first-order valence-electron chi connectivity index (χ1n) is 9.68. The first-order valence-corrected chi connectivity index (χ1v) is 10.1. The average molecular weight is 383 g/mol. The molecule has 142 valence electrons. The molecule has 2 aromatic rings. The number of fused-ring (bicyclic) bond motifs is 1. The number of benzene rings is 1. The van der Waals surface area contributed by atoms with Gasteiger partial charge in [-0.3, -0.25) is 0 Å².